The zero-order chi connectivity index (χ0) is 13.7. The molecule has 0 aliphatic carbocycles. The van der Waals surface area contributed by atoms with Crippen LogP contribution in [0.1, 0.15) is 61.4 Å². The Kier molecular flexibility index (Phi) is 6.21. The molecule has 2 rings (SSSR count). The number of unbranched alkanes of at least 4 members (excludes halogenated alkanes) is 4. The van der Waals surface area contributed by atoms with Crippen LogP contribution in [0, 0.1) is 0 Å². The van der Waals surface area contributed by atoms with Crippen molar-refractivity contribution in [1.82, 2.24) is 0 Å². The second kappa shape index (κ2) is 7.68. The molecule has 0 fully saturated rings. The fraction of sp³-hybridized carbons (Fsp3) is 0.625. The van der Waals surface area contributed by atoms with E-state index in [2.05, 4.69) is 50.9 Å². The summed E-state index contributed by atoms with van der Waals surface area (Å²) >= 11 is 7.45. The zero-order valence-corrected chi connectivity index (χ0v) is 14.7. The summed E-state index contributed by atoms with van der Waals surface area (Å²) in [6.07, 6.45) is 8.90. The Morgan fingerprint density at radius 2 is 2.00 bits per heavy atom. The molecule has 1 atom stereocenters. The van der Waals surface area contributed by atoms with Gasteiger partial charge in [-0.3, -0.25) is 0 Å². The lowest BCUT2D eigenvalue weighted by Crippen LogP contribution is -1.96. The maximum absolute atomic E-state index is 5.80. The largest absolute Gasteiger partial charge is 0.493 e. The fourth-order valence-electron chi connectivity index (χ4n) is 2.61. The van der Waals surface area contributed by atoms with Gasteiger partial charge in [0.2, 0.25) is 0 Å². The van der Waals surface area contributed by atoms with E-state index in [-0.39, 0.29) is 0 Å². The van der Waals surface area contributed by atoms with Crippen LogP contribution in [0.3, 0.4) is 0 Å². The van der Waals surface area contributed by atoms with Gasteiger partial charge in [0, 0.05) is 21.3 Å². The number of benzene rings is 1. The van der Waals surface area contributed by atoms with Gasteiger partial charge in [0.05, 0.1) is 6.61 Å². The van der Waals surface area contributed by atoms with Crippen LogP contribution in [0.5, 0.6) is 5.75 Å². The Morgan fingerprint density at radius 1 is 1.21 bits per heavy atom. The van der Waals surface area contributed by atoms with Crippen LogP contribution in [0.4, 0.5) is 0 Å². The van der Waals surface area contributed by atoms with Gasteiger partial charge in [0.25, 0.3) is 0 Å². The minimum atomic E-state index is 0.415. The predicted molar refractivity (Wildman–Crippen MR) is 88.4 cm³/mol. The highest BCUT2D eigenvalue weighted by Gasteiger charge is 2.21. The second-order valence-electron chi connectivity index (χ2n) is 5.25. The van der Waals surface area contributed by atoms with Crippen LogP contribution in [0.25, 0.3) is 0 Å². The SMILES string of the molecule is CCCCCCCC(Br)c1cc(Br)cc2c1OCC2. The van der Waals surface area contributed by atoms with Crippen LogP contribution in [0.2, 0.25) is 0 Å². The first kappa shape index (κ1) is 15.4. The molecule has 1 aromatic carbocycles. The third kappa shape index (κ3) is 4.22. The van der Waals surface area contributed by atoms with Gasteiger partial charge < -0.3 is 4.74 Å². The number of hydrogen-bond donors (Lipinski definition) is 0. The highest BCUT2D eigenvalue weighted by atomic mass is 79.9. The Hall–Kier alpha value is -0.0200. The van der Waals surface area contributed by atoms with E-state index in [0.29, 0.717) is 4.83 Å². The molecule has 0 saturated heterocycles. The molecular weight excluding hydrogens is 368 g/mol. The summed E-state index contributed by atoms with van der Waals surface area (Å²) in [5, 5.41) is 0. The van der Waals surface area contributed by atoms with Gasteiger partial charge in [0.1, 0.15) is 5.75 Å². The van der Waals surface area contributed by atoms with Gasteiger partial charge in [-0.15, -0.1) is 0 Å². The van der Waals surface area contributed by atoms with Crippen LogP contribution in [0.15, 0.2) is 16.6 Å². The molecular formula is C16H22Br2O. The summed E-state index contributed by atoms with van der Waals surface area (Å²) in [5.74, 6) is 1.12. The average Bonchev–Trinajstić information content (AvgIpc) is 2.85. The van der Waals surface area contributed by atoms with E-state index in [1.807, 2.05) is 0 Å². The van der Waals surface area contributed by atoms with Crippen molar-refractivity contribution in [2.75, 3.05) is 6.61 Å². The lowest BCUT2D eigenvalue weighted by molar-refractivity contribution is 0.353. The number of ether oxygens (including phenoxy) is 1. The number of rotatable bonds is 7. The maximum Gasteiger partial charge on any atom is 0.127 e. The summed E-state index contributed by atoms with van der Waals surface area (Å²) in [5.41, 5.74) is 2.66. The van der Waals surface area contributed by atoms with Gasteiger partial charge in [-0.2, -0.15) is 0 Å². The minimum absolute atomic E-state index is 0.415. The third-order valence-corrected chi connectivity index (χ3v) is 5.08. The van der Waals surface area contributed by atoms with Crippen molar-refractivity contribution in [3.05, 3.63) is 27.7 Å². The predicted octanol–water partition coefficient (Wildman–Crippen LogP) is 6.18. The molecule has 1 unspecified atom stereocenters. The first-order valence-electron chi connectivity index (χ1n) is 7.31. The molecule has 0 bridgehead atoms. The molecule has 3 heteroatoms. The second-order valence-corrected chi connectivity index (χ2v) is 7.27. The molecule has 0 aromatic heterocycles. The van der Waals surface area contributed by atoms with Gasteiger partial charge >= 0.3 is 0 Å². The van der Waals surface area contributed by atoms with E-state index in [0.717, 1.165) is 18.8 Å². The average molecular weight is 390 g/mol. The molecule has 0 spiro atoms. The Bertz CT molecular complexity index is 417. The quantitative estimate of drug-likeness (QED) is 0.399. The number of hydrogen-bond acceptors (Lipinski definition) is 1. The molecule has 1 aliphatic heterocycles. The smallest absolute Gasteiger partial charge is 0.127 e. The minimum Gasteiger partial charge on any atom is -0.493 e. The Labute approximate surface area is 133 Å². The Morgan fingerprint density at radius 3 is 2.79 bits per heavy atom. The first-order valence-corrected chi connectivity index (χ1v) is 9.02. The molecule has 1 aliphatic rings. The van der Waals surface area contributed by atoms with Crippen molar-refractivity contribution < 1.29 is 4.74 Å². The molecule has 1 aromatic rings. The van der Waals surface area contributed by atoms with Crippen molar-refractivity contribution in [1.29, 1.82) is 0 Å². The van der Waals surface area contributed by atoms with E-state index < -0.39 is 0 Å². The highest BCUT2D eigenvalue weighted by molar-refractivity contribution is 9.10. The summed E-state index contributed by atoms with van der Waals surface area (Å²) in [6, 6.07) is 4.39. The number of halogens is 2. The molecule has 0 amide bonds. The molecule has 19 heavy (non-hydrogen) atoms. The molecule has 0 saturated carbocycles. The van der Waals surface area contributed by atoms with Crippen molar-refractivity contribution in [3.63, 3.8) is 0 Å². The van der Waals surface area contributed by atoms with E-state index in [9.17, 15) is 0 Å². The molecule has 1 nitrogen and oxygen atoms in total. The van der Waals surface area contributed by atoms with Crippen molar-refractivity contribution >= 4 is 31.9 Å². The summed E-state index contributed by atoms with van der Waals surface area (Å²) in [4.78, 5) is 0.415. The number of alkyl halides is 1. The van der Waals surface area contributed by atoms with Gasteiger partial charge in [0.15, 0.2) is 0 Å². The van der Waals surface area contributed by atoms with E-state index >= 15 is 0 Å². The Balaban J connectivity index is 1.94. The van der Waals surface area contributed by atoms with Gasteiger partial charge in [-0.1, -0.05) is 70.9 Å². The van der Waals surface area contributed by atoms with Crippen molar-refractivity contribution in [3.8, 4) is 5.75 Å². The molecule has 106 valence electrons. The summed E-state index contributed by atoms with van der Waals surface area (Å²) in [6.45, 7) is 3.09. The fourth-order valence-corrected chi connectivity index (χ4v) is 3.80. The lowest BCUT2D eigenvalue weighted by atomic mass is 10.0. The molecule has 1 heterocycles. The van der Waals surface area contributed by atoms with Gasteiger partial charge in [-0.05, 0) is 24.1 Å². The third-order valence-electron chi connectivity index (χ3n) is 3.68. The summed E-state index contributed by atoms with van der Waals surface area (Å²) in [7, 11) is 0. The lowest BCUT2D eigenvalue weighted by Gasteiger charge is -2.15. The normalized spacial score (nSPS) is 15.1. The topological polar surface area (TPSA) is 9.23 Å². The maximum atomic E-state index is 5.80. The molecule has 0 N–H and O–H groups in total. The monoisotopic (exact) mass is 388 g/mol. The van der Waals surface area contributed by atoms with Crippen molar-refractivity contribution in [2.45, 2.75) is 56.7 Å². The van der Waals surface area contributed by atoms with E-state index in [1.54, 1.807) is 0 Å². The van der Waals surface area contributed by atoms with E-state index in [1.165, 1.54) is 54.1 Å². The van der Waals surface area contributed by atoms with Crippen LogP contribution < -0.4 is 4.74 Å². The summed E-state index contributed by atoms with van der Waals surface area (Å²) < 4.78 is 6.97. The standard InChI is InChI=1S/C16H22Br2O/c1-2-3-4-5-6-7-15(18)14-11-13(17)10-12-8-9-19-16(12)14/h10-11,15H,2-9H2,1H3. The van der Waals surface area contributed by atoms with Crippen LogP contribution >= 0.6 is 31.9 Å². The highest BCUT2D eigenvalue weighted by Crippen LogP contribution is 2.41. The zero-order valence-electron chi connectivity index (χ0n) is 11.6. The van der Waals surface area contributed by atoms with Crippen LogP contribution in [-0.4, -0.2) is 6.61 Å². The van der Waals surface area contributed by atoms with E-state index in [4.69, 9.17) is 4.74 Å². The number of fused-ring (bicyclic) bond motifs is 1. The van der Waals surface area contributed by atoms with Crippen molar-refractivity contribution in [2.24, 2.45) is 0 Å². The molecule has 0 radical (unpaired) electrons. The van der Waals surface area contributed by atoms with Crippen LogP contribution in [-0.2, 0) is 6.42 Å². The first-order chi connectivity index (χ1) is 9.22. The van der Waals surface area contributed by atoms with Gasteiger partial charge in [-0.25, -0.2) is 0 Å².